The molecule has 17 heavy (non-hydrogen) atoms. The van der Waals surface area contributed by atoms with Gasteiger partial charge in [-0.2, -0.15) is 0 Å². The Labute approximate surface area is 105 Å². The highest BCUT2D eigenvalue weighted by molar-refractivity contribution is 6.30. The molecule has 1 rings (SSSR count). The van der Waals surface area contributed by atoms with Crippen LogP contribution in [-0.4, -0.2) is 7.11 Å². The van der Waals surface area contributed by atoms with Gasteiger partial charge in [0.25, 0.3) is 0 Å². The van der Waals surface area contributed by atoms with Crippen molar-refractivity contribution in [2.24, 2.45) is 16.0 Å². The third kappa shape index (κ3) is 4.16. The Morgan fingerprint density at radius 1 is 1.59 bits per heavy atom. The fraction of sp³-hybridized carbons (Fsp3) is 0.0909. The van der Waals surface area contributed by atoms with Crippen LogP contribution in [0.2, 0.25) is 5.02 Å². The Balaban J connectivity index is 2.82. The van der Waals surface area contributed by atoms with E-state index in [1.165, 1.54) is 12.4 Å². The van der Waals surface area contributed by atoms with E-state index >= 15 is 0 Å². The fourth-order valence-corrected chi connectivity index (χ4v) is 1.20. The molecule has 0 amide bonds. The van der Waals surface area contributed by atoms with Crippen molar-refractivity contribution in [2.45, 2.75) is 0 Å². The lowest BCUT2D eigenvalue weighted by molar-refractivity contribution is 0.416. The molecule has 0 aliphatic rings. The number of nitrogens with two attached hydrogens (primary N) is 1. The fourth-order valence-electron chi connectivity index (χ4n) is 1.03. The molecule has 90 valence electrons. The number of benzene rings is 1. The lowest BCUT2D eigenvalue weighted by Crippen LogP contribution is -2.01. The number of methoxy groups -OCH3 is 1. The van der Waals surface area contributed by atoms with Crippen LogP contribution < -0.4 is 15.8 Å². The molecule has 1 aromatic carbocycles. The van der Waals surface area contributed by atoms with Crippen LogP contribution in [0.5, 0.6) is 5.75 Å². The van der Waals surface area contributed by atoms with Gasteiger partial charge in [-0.1, -0.05) is 18.2 Å². The topological polar surface area (TPSA) is 72.0 Å². The summed E-state index contributed by atoms with van der Waals surface area (Å²) >= 11 is 5.85. The van der Waals surface area contributed by atoms with Crippen molar-refractivity contribution in [1.82, 2.24) is 5.32 Å². The zero-order chi connectivity index (χ0) is 12.7. The van der Waals surface area contributed by atoms with Crippen molar-refractivity contribution in [1.29, 1.82) is 0 Å². The molecule has 1 aromatic rings. The molecule has 0 spiro atoms. The van der Waals surface area contributed by atoms with E-state index in [2.05, 4.69) is 22.1 Å². The molecule has 5 nitrogen and oxygen atoms in total. The van der Waals surface area contributed by atoms with Crippen LogP contribution in [0.1, 0.15) is 0 Å². The molecule has 0 atom stereocenters. The molecule has 0 saturated heterocycles. The van der Waals surface area contributed by atoms with E-state index in [4.69, 9.17) is 22.1 Å². The highest BCUT2D eigenvalue weighted by Gasteiger charge is 2.02. The van der Waals surface area contributed by atoms with Gasteiger partial charge in [-0.25, -0.2) is 0 Å². The van der Waals surface area contributed by atoms with Crippen LogP contribution in [0.3, 0.4) is 0 Å². The summed E-state index contributed by atoms with van der Waals surface area (Å²) in [5.74, 6) is 0.939. The van der Waals surface area contributed by atoms with E-state index in [0.717, 1.165) is 0 Å². The highest BCUT2D eigenvalue weighted by Crippen LogP contribution is 2.30. The summed E-state index contributed by atoms with van der Waals surface area (Å²) in [7, 11) is 1.55. The molecule has 0 heterocycles. The van der Waals surface area contributed by atoms with Gasteiger partial charge in [0.2, 0.25) is 0 Å². The zero-order valence-corrected chi connectivity index (χ0v) is 10.1. The summed E-state index contributed by atoms with van der Waals surface area (Å²) in [5, 5.41) is 11.1. The first-order valence-corrected chi connectivity index (χ1v) is 5.12. The Morgan fingerprint density at radius 2 is 2.35 bits per heavy atom. The van der Waals surface area contributed by atoms with Crippen LogP contribution >= 0.6 is 11.6 Å². The summed E-state index contributed by atoms with van der Waals surface area (Å²) in [6.45, 7) is 3.63. The van der Waals surface area contributed by atoms with Gasteiger partial charge < -0.3 is 15.8 Å². The minimum atomic E-state index is 0.355. The summed E-state index contributed by atoms with van der Waals surface area (Å²) in [6, 6.07) is 5.08. The number of halogens is 1. The van der Waals surface area contributed by atoms with Crippen molar-refractivity contribution in [3.63, 3.8) is 0 Å². The van der Waals surface area contributed by atoms with Crippen molar-refractivity contribution in [2.75, 3.05) is 7.11 Å². The summed E-state index contributed by atoms with van der Waals surface area (Å²) < 4.78 is 5.12. The maximum absolute atomic E-state index is 5.85. The second kappa shape index (κ2) is 6.55. The van der Waals surface area contributed by atoms with Gasteiger partial charge in [-0.15, -0.1) is 10.2 Å². The normalized spacial score (nSPS) is 10.9. The van der Waals surface area contributed by atoms with E-state index in [9.17, 15) is 0 Å². The number of ether oxygens (including phenoxy) is 1. The minimum absolute atomic E-state index is 0.355. The Kier molecular flexibility index (Phi) is 5.03. The van der Waals surface area contributed by atoms with Crippen LogP contribution in [0.15, 0.2) is 53.2 Å². The quantitative estimate of drug-likeness (QED) is 0.792. The number of hydrogen-bond donors (Lipinski definition) is 2. The molecule has 0 aliphatic carbocycles. The smallest absolute Gasteiger partial charge is 0.146 e. The zero-order valence-electron chi connectivity index (χ0n) is 9.35. The van der Waals surface area contributed by atoms with Crippen molar-refractivity contribution < 1.29 is 4.74 Å². The second-order valence-electron chi connectivity index (χ2n) is 2.97. The average molecular weight is 253 g/mol. The second-order valence-corrected chi connectivity index (χ2v) is 3.40. The molecule has 6 heteroatoms. The Morgan fingerprint density at radius 3 is 3.00 bits per heavy atom. The molecule has 0 fully saturated rings. The minimum Gasteiger partial charge on any atom is -0.494 e. The van der Waals surface area contributed by atoms with Gasteiger partial charge in [0.15, 0.2) is 0 Å². The van der Waals surface area contributed by atoms with Gasteiger partial charge in [-0.05, 0) is 18.2 Å². The summed E-state index contributed by atoms with van der Waals surface area (Å²) in [4.78, 5) is 0. The number of nitrogens with zero attached hydrogens (tertiary/aromatic N) is 2. The van der Waals surface area contributed by atoms with Crippen LogP contribution in [0, 0.1) is 0 Å². The monoisotopic (exact) mass is 252 g/mol. The van der Waals surface area contributed by atoms with Crippen LogP contribution in [-0.2, 0) is 0 Å². The third-order valence-corrected chi connectivity index (χ3v) is 2.00. The predicted molar refractivity (Wildman–Crippen MR) is 68.1 cm³/mol. The maximum atomic E-state index is 5.85. The van der Waals surface area contributed by atoms with Crippen molar-refractivity contribution >= 4 is 17.3 Å². The standard InChI is InChI=1S/C11H13ClN4O/c1-8(14-6-5-13)15-16-10-7-9(12)3-4-11(10)17-2/h3-7,14H,1,13H2,2H3/b6-5-,16-15+. The Bertz CT molecular complexity index is 457. The number of rotatable bonds is 5. The van der Waals surface area contributed by atoms with Crippen LogP contribution in [0.25, 0.3) is 0 Å². The molecule has 0 unspecified atom stereocenters. The predicted octanol–water partition coefficient (Wildman–Crippen LogP) is 2.92. The van der Waals surface area contributed by atoms with Gasteiger partial charge >= 0.3 is 0 Å². The Hall–Kier alpha value is -2.01. The first-order valence-electron chi connectivity index (χ1n) is 4.75. The molecule has 0 radical (unpaired) electrons. The number of hydrogen-bond acceptors (Lipinski definition) is 5. The number of azo groups is 1. The van der Waals surface area contributed by atoms with Gasteiger partial charge in [0.1, 0.15) is 17.3 Å². The van der Waals surface area contributed by atoms with Gasteiger partial charge in [0.05, 0.1) is 7.11 Å². The largest absolute Gasteiger partial charge is 0.494 e. The molecule has 0 aromatic heterocycles. The average Bonchev–Trinajstić information content (AvgIpc) is 2.34. The first kappa shape index (κ1) is 13.1. The maximum Gasteiger partial charge on any atom is 0.146 e. The highest BCUT2D eigenvalue weighted by atomic mass is 35.5. The van der Waals surface area contributed by atoms with Gasteiger partial charge in [0, 0.05) is 17.4 Å². The van der Waals surface area contributed by atoms with E-state index in [0.29, 0.717) is 22.3 Å². The number of nitrogens with one attached hydrogen (secondary N) is 1. The SMILES string of the molecule is C=C(/N=N/c1cc(Cl)ccc1OC)N/C=C\N. The lowest BCUT2D eigenvalue weighted by Gasteiger charge is -2.03. The van der Waals surface area contributed by atoms with E-state index in [1.54, 1.807) is 25.3 Å². The first-order chi connectivity index (χ1) is 8.17. The van der Waals surface area contributed by atoms with Crippen molar-refractivity contribution in [3.8, 4) is 5.75 Å². The van der Waals surface area contributed by atoms with Gasteiger partial charge in [-0.3, -0.25) is 0 Å². The van der Waals surface area contributed by atoms with E-state index in [-0.39, 0.29) is 0 Å². The molecular formula is C11H13ClN4O. The van der Waals surface area contributed by atoms with E-state index < -0.39 is 0 Å². The summed E-state index contributed by atoms with van der Waals surface area (Å²) in [6.07, 6.45) is 2.83. The molecular weight excluding hydrogens is 240 g/mol. The molecule has 0 bridgehead atoms. The van der Waals surface area contributed by atoms with E-state index in [1.807, 2.05) is 0 Å². The molecule has 0 aliphatic heterocycles. The molecule has 3 N–H and O–H groups in total. The molecule has 0 saturated carbocycles. The lowest BCUT2D eigenvalue weighted by atomic mass is 10.3. The van der Waals surface area contributed by atoms with Crippen LogP contribution in [0.4, 0.5) is 5.69 Å². The third-order valence-electron chi connectivity index (χ3n) is 1.77. The summed E-state index contributed by atoms with van der Waals surface area (Å²) in [5.41, 5.74) is 5.68. The van der Waals surface area contributed by atoms with Crippen molar-refractivity contribution in [3.05, 3.63) is 48.0 Å².